The van der Waals surface area contributed by atoms with Crippen molar-refractivity contribution in [3.05, 3.63) is 120 Å². The predicted molar refractivity (Wildman–Crippen MR) is 190 cm³/mol. The van der Waals surface area contributed by atoms with E-state index in [9.17, 15) is 0 Å². The normalized spacial score (nSPS) is 17.0. The van der Waals surface area contributed by atoms with Crippen LogP contribution >= 0.6 is 0 Å². The molecule has 5 nitrogen and oxygen atoms in total. The third kappa shape index (κ3) is 5.03. The minimum Gasteiger partial charge on any atom is -0.377 e. The zero-order valence-electron chi connectivity index (χ0n) is 28.3. The summed E-state index contributed by atoms with van der Waals surface area (Å²) in [5, 5.41) is 1.30. The first-order chi connectivity index (χ1) is 21.6. The average Bonchev–Trinajstić information content (AvgIpc) is 3.64. The Kier molecular flexibility index (Phi) is 8.07. The van der Waals surface area contributed by atoms with Crippen LogP contribution in [0.5, 0.6) is 0 Å². The van der Waals surface area contributed by atoms with Gasteiger partial charge in [0.2, 0.25) is 5.69 Å². The topological polar surface area (TPSA) is 29.4 Å². The molecule has 6 rings (SSSR count). The molecule has 0 aliphatic heterocycles. The fourth-order valence-electron chi connectivity index (χ4n) is 7.63. The van der Waals surface area contributed by atoms with Crippen molar-refractivity contribution >= 4 is 33.9 Å². The molecule has 0 amide bonds. The van der Waals surface area contributed by atoms with Gasteiger partial charge in [-0.2, -0.15) is 4.57 Å². The van der Waals surface area contributed by atoms with Gasteiger partial charge in [0.25, 0.3) is 0 Å². The first-order valence-electron chi connectivity index (χ1n) is 16.4. The van der Waals surface area contributed by atoms with E-state index >= 15 is 0 Å². The zero-order chi connectivity index (χ0) is 32.0. The van der Waals surface area contributed by atoms with E-state index in [2.05, 4.69) is 160 Å². The quantitative estimate of drug-likeness (QED) is 0.125. The molecule has 4 heterocycles. The van der Waals surface area contributed by atoms with Gasteiger partial charge in [-0.25, -0.2) is 4.98 Å². The van der Waals surface area contributed by atoms with Gasteiger partial charge in [0.05, 0.1) is 5.52 Å². The summed E-state index contributed by atoms with van der Waals surface area (Å²) >= 11 is 0. The van der Waals surface area contributed by atoms with Gasteiger partial charge in [-0.1, -0.05) is 62.9 Å². The lowest BCUT2D eigenvalue weighted by atomic mass is 9.61. The van der Waals surface area contributed by atoms with E-state index in [0.29, 0.717) is 5.92 Å². The fourth-order valence-corrected chi connectivity index (χ4v) is 7.63. The molecule has 5 heteroatoms. The molecule has 0 fully saturated rings. The minimum atomic E-state index is -0.149. The Labute approximate surface area is 268 Å². The number of rotatable bonds is 9. The highest BCUT2D eigenvalue weighted by atomic mass is 15.1. The molecule has 1 aliphatic rings. The van der Waals surface area contributed by atoms with E-state index in [1.807, 2.05) is 6.08 Å². The average molecular weight is 599 g/mol. The second kappa shape index (κ2) is 11.8. The van der Waals surface area contributed by atoms with Gasteiger partial charge in [0.1, 0.15) is 5.65 Å². The molecule has 0 radical (unpaired) electrons. The van der Waals surface area contributed by atoms with Crippen molar-refractivity contribution in [2.24, 2.45) is 11.3 Å². The largest absolute Gasteiger partial charge is 0.377 e. The standard InChI is InChI=1S/C40H48N5/c1-10-20-40(7,28(5)24-44-21-19-31(42(8)9)22-30(44)11-2)35-18-17-33(32-16-14-13-15-27(32)4)37-34-25-43(12-3)26-36(34)45-29(6)23-41-39(45)38(35)37/h10-11,13-17,19-23,25-26,28,35H,2,12,18,24H2,1,3-9H3/q+1/t28-,35?,40?/m0/s1. The zero-order valence-corrected chi connectivity index (χ0v) is 28.3. The molecule has 4 aromatic heterocycles. The number of benzene rings is 1. The molecule has 0 bridgehead atoms. The molecule has 1 aromatic carbocycles. The number of allylic oxidation sites excluding steroid dienone is 3. The number of hydrogen-bond donors (Lipinski definition) is 0. The summed E-state index contributed by atoms with van der Waals surface area (Å²) in [4.78, 5) is 7.31. The number of anilines is 1. The van der Waals surface area contributed by atoms with E-state index in [1.165, 1.54) is 50.1 Å². The van der Waals surface area contributed by atoms with Crippen LogP contribution in [0.2, 0.25) is 0 Å². The number of aryl methyl sites for hydroxylation is 3. The summed E-state index contributed by atoms with van der Waals surface area (Å²) in [6.07, 6.45) is 19.1. The van der Waals surface area contributed by atoms with Crippen molar-refractivity contribution in [1.82, 2.24) is 14.0 Å². The van der Waals surface area contributed by atoms with Crippen LogP contribution in [-0.4, -0.2) is 28.0 Å². The number of aromatic nitrogens is 4. The molecule has 0 N–H and O–H groups in total. The van der Waals surface area contributed by atoms with Gasteiger partial charge >= 0.3 is 0 Å². The van der Waals surface area contributed by atoms with Crippen LogP contribution in [0, 0.1) is 25.2 Å². The van der Waals surface area contributed by atoms with Crippen LogP contribution in [0.1, 0.15) is 73.7 Å². The highest BCUT2D eigenvalue weighted by molar-refractivity contribution is 6.02. The van der Waals surface area contributed by atoms with Crippen molar-refractivity contribution < 1.29 is 4.57 Å². The summed E-state index contributed by atoms with van der Waals surface area (Å²) < 4.78 is 7.09. The molecule has 1 aliphatic carbocycles. The van der Waals surface area contributed by atoms with Crippen LogP contribution in [0.4, 0.5) is 5.69 Å². The summed E-state index contributed by atoms with van der Waals surface area (Å²) in [6.45, 7) is 19.7. The molecule has 0 spiro atoms. The van der Waals surface area contributed by atoms with Crippen LogP contribution < -0.4 is 9.47 Å². The lowest BCUT2D eigenvalue weighted by Crippen LogP contribution is -2.45. The Morgan fingerprint density at radius 1 is 1.18 bits per heavy atom. The van der Waals surface area contributed by atoms with Crippen molar-refractivity contribution in [2.45, 2.75) is 67.0 Å². The maximum absolute atomic E-state index is 5.17. The monoisotopic (exact) mass is 598 g/mol. The lowest BCUT2D eigenvalue weighted by molar-refractivity contribution is -0.706. The molecule has 45 heavy (non-hydrogen) atoms. The first kappa shape index (κ1) is 30.6. The van der Waals surface area contributed by atoms with Gasteiger partial charge in [0, 0.05) is 103 Å². The van der Waals surface area contributed by atoms with Gasteiger partial charge in [-0.05, 0) is 50.8 Å². The van der Waals surface area contributed by atoms with Crippen LogP contribution in [0.25, 0.3) is 28.2 Å². The van der Waals surface area contributed by atoms with Crippen LogP contribution in [0.3, 0.4) is 0 Å². The van der Waals surface area contributed by atoms with E-state index < -0.39 is 0 Å². The van der Waals surface area contributed by atoms with Crippen molar-refractivity contribution in [2.75, 3.05) is 19.0 Å². The van der Waals surface area contributed by atoms with Crippen molar-refractivity contribution in [1.29, 1.82) is 0 Å². The maximum atomic E-state index is 5.17. The molecule has 0 saturated heterocycles. The molecule has 232 valence electrons. The highest BCUT2D eigenvalue weighted by Gasteiger charge is 2.44. The fraction of sp³-hybridized carbons (Fsp3) is 0.350. The first-order valence-corrected chi connectivity index (χ1v) is 16.4. The number of imidazole rings is 1. The molecule has 3 atom stereocenters. The third-order valence-electron chi connectivity index (χ3n) is 10.4. The third-order valence-corrected chi connectivity index (χ3v) is 10.4. The predicted octanol–water partition coefficient (Wildman–Crippen LogP) is 8.76. The molecule has 2 unspecified atom stereocenters. The number of nitrogens with zero attached hydrogens (tertiary/aromatic N) is 5. The SMILES string of the molecule is C=Cc1cc(N(C)C)cc[n+]1C[C@H](C)C(C)(C=CC)C1CC=C(c2ccccc2C)c2c1c1ncc(C)n1c1cn(CC)cc21. The molecule has 0 saturated carbocycles. The number of hydrogen-bond acceptors (Lipinski definition) is 2. The van der Waals surface area contributed by atoms with Gasteiger partial charge < -0.3 is 9.47 Å². The number of fused-ring (bicyclic) bond motifs is 6. The highest BCUT2D eigenvalue weighted by Crippen LogP contribution is 2.54. The second-order valence-electron chi connectivity index (χ2n) is 13.3. The van der Waals surface area contributed by atoms with Crippen LogP contribution in [-0.2, 0) is 13.1 Å². The molecular weight excluding hydrogens is 550 g/mol. The maximum Gasteiger partial charge on any atom is 0.206 e. The number of pyridine rings is 2. The summed E-state index contributed by atoms with van der Waals surface area (Å²) in [6, 6.07) is 13.3. The van der Waals surface area contributed by atoms with Gasteiger partial charge in [0.15, 0.2) is 12.7 Å². The van der Waals surface area contributed by atoms with Gasteiger partial charge in [-0.3, -0.25) is 4.40 Å². The Balaban J connectivity index is 1.59. The minimum absolute atomic E-state index is 0.149. The Bertz CT molecular complexity index is 1970. The molecular formula is C40H48N5+. The van der Waals surface area contributed by atoms with E-state index in [1.54, 1.807) is 0 Å². The van der Waals surface area contributed by atoms with Crippen molar-refractivity contribution in [3.8, 4) is 0 Å². The van der Waals surface area contributed by atoms with Crippen molar-refractivity contribution in [3.63, 3.8) is 0 Å². The van der Waals surface area contributed by atoms with Crippen LogP contribution in [0.15, 0.2) is 86.0 Å². The smallest absolute Gasteiger partial charge is 0.206 e. The summed E-state index contributed by atoms with van der Waals surface area (Å²) in [5.41, 5.74) is 12.3. The summed E-state index contributed by atoms with van der Waals surface area (Å²) in [7, 11) is 4.17. The van der Waals surface area contributed by atoms with E-state index in [0.717, 1.165) is 30.9 Å². The lowest BCUT2D eigenvalue weighted by Gasteiger charge is -2.42. The van der Waals surface area contributed by atoms with Gasteiger partial charge in [-0.15, -0.1) is 0 Å². The van der Waals surface area contributed by atoms with E-state index in [4.69, 9.17) is 4.98 Å². The Hall–Kier alpha value is -4.38. The van der Waals surface area contributed by atoms with E-state index in [-0.39, 0.29) is 11.3 Å². The summed E-state index contributed by atoms with van der Waals surface area (Å²) in [5.74, 6) is 0.555. The second-order valence-corrected chi connectivity index (χ2v) is 13.3. The Morgan fingerprint density at radius 3 is 2.64 bits per heavy atom. The Morgan fingerprint density at radius 2 is 1.96 bits per heavy atom. The molecule has 5 aromatic rings.